The SMILES string of the molecule is COc1ccc(C(=O)N(Cc2ccc(F)cc2)C2CC(=O)N(c3ccc(NC(C)=O)cc3)C2=O)cc1OC. The van der Waals surface area contributed by atoms with Crippen molar-refractivity contribution in [2.24, 2.45) is 0 Å². The molecule has 0 spiro atoms. The van der Waals surface area contributed by atoms with Gasteiger partial charge in [-0.05, 0) is 60.2 Å². The molecule has 1 N–H and O–H groups in total. The van der Waals surface area contributed by atoms with Gasteiger partial charge in [-0.1, -0.05) is 12.1 Å². The van der Waals surface area contributed by atoms with E-state index < -0.39 is 29.6 Å². The molecule has 4 amide bonds. The van der Waals surface area contributed by atoms with Gasteiger partial charge in [-0.25, -0.2) is 9.29 Å². The van der Waals surface area contributed by atoms with Crippen molar-refractivity contribution in [1.29, 1.82) is 0 Å². The molecule has 1 fully saturated rings. The normalized spacial score (nSPS) is 14.8. The molecule has 0 bridgehead atoms. The Morgan fingerprint density at radius 2 is 1.63 bits per heavy atom. The second kappa shape index (κ2) is 11.1. The quantitative estimate of drug-likeness (QED) is 0.454. The van der Waals surface area contributed by atoms with Gasteiger partial charge in [-0.2, -0.15) is 0 Å². The van der Waals surface area contributed by atoms with Gasteiger partial charge in [-0.3, -0.25) is 19.2 Å². The van der Waals surface area contributed by atoms with E-state index in [9.17, 15) is 23.6 Å². The minimum absolute atomic E-state index is 0.0353. The van der Waals surface area contributed by atoms with Crippen LogP contribution in [-0.4, -0.2) is 48.8 Å². The van der Waals surface area contributed by atoms with Gasteiger partial charge in [0.05, 0.1) is 26.3 Å². The van der Waals surface area contributed by atoms with E-state index in [0.717, 1.165) is 4.90 Å². The maximum absolute atomic E-state index is 13.7. The van der Waals surface area contributed by atoms with Gasteiger partial charge in [0.2, 0.25) is 11.8 Å². The molecule has 0 radical (unpaired) electrons. The molecule has 4 rings (SSSR count). The molecule has 0 saturated carbocycles. The number of rotatable bonds is 8. The first kappa shape index (κ1) is 26.3. The fraction of sp³-hybridized carbons (Fsp3) is 0.214. The predicted molar refractivity (Wildman–Crippen MR) is 137 cm³/mol. The number of ether oxygens (including phenoxy) is 2. The number of benzene rings is 3. The average Bonchev–Trinajstić information content (AvgIpc) is 3.20. The third-order valence-corrected chi connectivity index (χ3v) is 6.10. The van der Waals surface area contributed by atoms with Crippen molar-refractivity contribution in [3.63, 3.8) is 0 Å². The Morgan fingerprint density at radius 3 is 2.24 bits per heavy atom. The number of amides is 4. The average molecular weight is 520 g/mol. The number of halogens is 1. The van der Waals surface area contributed by atoms with Crippen LogP contribution < -0.4 is 19.7 Å². The molecule has 1 heterocycles. The van der Waals surface area contributed by atoms with Crippen LogP contribution in [-0.2, 0) is 20.9 Å². The summed E-state index contributed by atoms with van der Waals surface area (Å²) in [6, 6.07) is 15.3. The van der Waals surface area contributed by atoms with Crippen molar-refractivity contribution in [2.75, 3.05) is 24.4 Å². The van der Waals surface area contributed by atoms with E-state index in [1.807, 2.05) is 0 Å². The zero-order valence-corrected chi connectivity index (χ0v) is 21.1. The van der Waals surface area contributed by atoms with Gasteiger partial charge < -0.3 is 19.7 Å². The van der Waals surface area contributed by atoms with Crippen molar-refractivity contribution in [2.45, 2.75) is 25.9 Å². The molecule has 1 unspecified atom stereocenters. The molecular weight excluding hydrogens is 493 g/mol. The van der Waals surface area contributed by atoms with Gasteiger partial charge in [0.25, 0.3) is 11.8 Å². The number of nitrogens with one attached hydrogen (secondary N) is 1. The Morgan fingerprint density at radius 1 is 0.974 bits per heavy atom. The lowest BCUT2D eigenvalue weighted by molar-refractivity contribution is -0.122. The Bertz CT molecular complexity index is 1370. The van der Waals surface area contributed by atoms with E-state index in [1.54, 1.807) is 36.4 Å². The van der Waals surface area contributed by atoms with Crippen LogP contribution in [0, 0.1) is 5.82 Å². The first-order valence-corrected chi connectivity index (χ1v) is 11.7. The molecule has 38 heavy (non-hydrogen) atoms. The summed E-state index contributed by atoms with van der Waals surface area (Å²) in [4.78, 5) is 54.0. The molecule has 1 aliphatic rings. The van der Waals surface area contributed by atoms with E-state index in [1.165, 1.54) is 56.4 Å². The molecule has 0 aromatic heterocycles. The van der Waals surface area contributed by atoms with E-state index in [4.69, 9.17) is 9.47 Å². The highest BCUT2D eigenvalue weighted by Gasteiger charge is 2.44. The molecule has 0 aliphatic carbocycles. The van der Waals surface area contributed by atoms with Crippen LogP contribution in [0.15, 0.2) is 66.7 Å². The van der Waals surface area contributed by atoms with Crippen molar-refractivity contribution in [1.82, 2.24) is 4.90 Å². The topological polar surface area (TPSA) is 105 Å². The van der Waals surface area contributed by atoms with Crippen LogP contribution >= 0.6 is 0 Å². The predicted octanol–water partition coefficient (Wildman–Crippen LogP) is 3.78. The molecule has 3 aromatic carbocycles. The van der Waals surface area contributed by atoms with Crippen LogP contribution in [0.3, 0.4) is 0 Å². The summed E-state index contributed by atoms with van der Waals surface area (Å²) in [5.41, 5.74) is 1.64. The first-order valence-electron chi connectivity index (χ1n) is 11.7. The van der Waals surface area contributed by atoms with Crippen molar-refractivity contribution >= 4 is 35.0 Å². The maximum atomic E-state index is 13.7. The minimum Gasteiger partial charge on any atom is -0.493 e. The summed E-state index contributed by atoms with van der Waals surface area (Å²) < 4.78 is 24.1. The van der Waals surface area contributed by atoms with Crippen molar-refractivity contribution < 1.29 is 33.0 Å². The van der Waals surface area contributed by atoms with Crippen LogP contribution in [0.4, 0.5) is 15.8 Å². The first-order chi connectivity index (χ1) is 18.2. The standard InChI is InChI=1S/C28H26FN3O6/c1-17(33)30-21-9-11-22(12-10-21)32-26(34)15-23(28(32)36)31(16-18-4-7-20(29)8-5-18)27(35)19-6-13-24(37-2)25(14-19)38-3/h4-14,23H,15-16H2,1-3H3,(H,30,33). The Balaban J connectivity index is 1.67. The number of hydrogen-bond donors (Lipinski definition) is 1. The van der Waals surface area contributed by atoms with Crippen LogP contribution in [0.25, 0.3) is 0 Å². The second-order valence-corrected chi connectivity index (χ2v) is 8.64. The number of imide groups is 1. The van der Waals surface area contributed by atoms with Crippen LogP contribution in [0.2, 0.25) is 0 Å². The molecule has 1 atom stereocenters. The minimum atomic E-state index is -1.09. The largest absolute Gasteiger partial charge is 0.493 e. The summed E-state index contributed by atoms with van der Waals surface area (Å²) in [5, 5.41) is 2.63. The highest BCUT2D eigenvalue weighted by molar-refractivity contribution is 6.23. The molecule has 3 aromatic rings. The lowest BCUT2D eigenvalue weighted by atomic mass is 10.1. The molecular formula is C28H26FN3O6. The fourth-order valence-corrected chi connectivity index (χ4v) is 4.27. The summed E-state index contributed by atoms with van der Waals surface area (Å²) in [7, 11) is 2.91. The number of carbonyl (C=O) groups is 4. The van der Waals surface area contributed by atoms with Crippen molar-refractivity contribution in [3.05, 3.63) is 83.7 Å². The third-order valence-electron chi connectivity index (χ3n) is 6.10. The highest BCUT2D eigenvalue weighted by Crippen LogP contribution is 2.31. The summed E-state index contributed by atoms with van der Waals surface area (Å²) in [6.07, 6.45) is -0.230. The highest BCUT2D eigenvalue weighted by atomic mass is 19.1. The fourth-order valence-electron chi connectivity index (χ4n) is 4.27. The van der Waals surface area contributed by atoms with Crippen LogP contribution in [0.5, 0.6) is 11.5 Å². The smallest absolute Gasteiger partial charge is 0.257 e. The third kappa shape index (κ3) is 5.49. The summed E-state index contributed by atoms with van der Waals surface area (Å²) in [5.74, 6) is -1.49. The Labute approximate surface area is 218 Å². The molecule has 1 saturated heterocycles. The molecule has 9 nitrogen and oxygen atoms in total. The van der Waals surface area contributed by atoms with E-state index in [0.29, 0.717) is 28.4 Å². The zero-order chi connectivity index (χ0) is 27.4. The second-order valence-electron chi connectivity index (χ2n) is 8.64. The number of methoxy groups -OCH3 is 2. The van der Waals surface area contributed by atoms with E-state index >= 15 is 0 Å². The van der Waals surface area contributed by atoms with Gasteiger partial charge >= 0.3 is 0 Å². The van der Waals surface area contributed by atoms with Gasteiger partial charge in [-0.15, -0.1) is 0 Å². The number of carbonyl (C=O) groups excluding carboxylic acids is 4. The van der Waals surface area contributed by atoms with Gasteiger partial charge in [0, 0.05) is 24.7 Å². The Hall–Kier alpha value is -4.73. The maximum Gasteiger partial charge on any atom is 0.257 e. The number of nitrogens with zero attached hydrogens (tertiary/aromatic N) is 2. The summed E-state index contributed by atoms with van der Waals surface area (Å²) in [6.45, 7) is 1.34. The van der Waals surface area contributed by atoms with Crippen LogP contribution in [0.1, 0.15) is 29.3 Å². The van der Waals surface area contributed by atoms with Gasteiger partial charge in [0.1, 0.15) is 11.9 Å². The zero-order valence-electron chi connectivity index (χ0n) is 21.1. The number of hydrogen-bond acceptors (Lipinski definition) is 6. The lowest BCUT2D eigenvalue weighted by Crippen LogP contribution is -2.45. The number of anilines is 2. The summed E-state index contributed by atoms with van der Waals surface area (Å²) >= 11 is 0. The van der Waals surface area contributed by atoms with Crippen molar-refractivity contribution in [3.8, 4) is 11.5 Å². The Kier molecular flexibility index (Phi) is 7.71. The monoisotopic (exact) mass is 519 g/mol. The molecule has 1 aliphatic heterocycles. The van der Waals surface area contributed by atoms with Gasteiger partial charge in [0.15, 0.2) is 11.5 Å². The van der Waals surface area contributed by atoms with E-state index in [2.05, 4.69) is 5.32 Å². The van der Waals surface area contributed by atoms with E-state index in [-0.39, 0.29) is 24.4 Å². The lowest BCUT2D eigenvalue weighted by Gasteiger charge is -2.28. The molecule has 196 valence electrons. The molecule has 10 heteroatoms.